The van der Waals surface area contributed by atoms with Crippen molar-refractivity contribution in [3.63, 3.8) is 0 Å². The second kappa shape index (κ2) is 17.3. The van der Waals surface area contributed by atoms with E-state index in [-0.39, 0.29) is 0 Å². The van der Waals surface area contributed by atoms with E-state index in [0.29, 0.717) is 0 Å². The van der Waals surface area contributed by atoms with Crippen molar-refractivity contribution in [3.8, 4) is 0 Å². The Bertz CT molecular complexity index is 89.4. The van der Waals surface area contributed by atoms with Gasteiger partial charge in [0.15, 0.2) is 0 Å². The normalized spacial score (nSPS) is 10.1. The number of nitrogens with zero attached hydrogens (tertiary/aromatic N) is 1. The first kappa shape index (κ1) is 18.3. The fourth-order valence-electron chi connectivity index (χ4n) is 1.40. The summed E-state index contributed by atoms with van der Waals surface area (Å²) in [6, 6.07) is 0. The molecule has 0 saturated heterocycles. The molecule has 16 heavy (non-hydrogen) atoms. The second-order valence-corrected chi connectivity index (χ2v) is 4.08. The second-order valence-electron chi connectivity index (χ2n) is 4.08. The van der Waals surface area contributed by atoms with E-state index in [1.807, 2.05) is 0 Å². The molecule has 0 aliphatic rings. The topological polar surface area (TPSA) is 15.3 Å². The molecule has 0 aromatic heterocycles. The maximum atomic E-state index is 3.39. The van der Waals surface area contributed by atoms with E-state index in [1.54, 1.807) is 0 Å². The molecule has 0 aromatic carbocycles. The molecular formula is C14H34N2. The number of hydrogen-bond donors (Lipinski definition) is 1. The average Bonchev–Trinajstić information content (AvgIpc) is 2.32. The Kier molecular flexibility index (Phi) is 19.8. The van der Waals surface area contributed by atoms with Crippen LogP contribution in [-0.4, -0.2) is 37.6 Å². The van der Waals surface area contributed by atoms with Crippen LogP contribution in [-0.2, 0) is 0 Å². The average molecular weight is 230 g/mol. The fraction of sp³-hybridized carbons (Fsp3) is 1.00. The lowest BCUT2D eigenvalue weighted by atomic mass is 10.3. The highest BCUT2D eigenvalue weighted by molar-refractivity contribution is 4.45. The van der Waals surface area contributed by atoms with Gasteiger partial charge in [-0.1, -0.05) is 47.5 Å². The summed E-state index contributed by atoms with van der Waals surface area (Å²) < 4.78 is 0. The van der Waals surface area contributed by atoms with Gasteiger partial charge >= 0.3 is 0 Å². The Morgan fingerprint density at radius 2 is 1.06 bits per heavy atom. The highest BCUT2D eigenvalue weighted by Crippen LogP contribution is 1.85. The van der Waals surface area contributed by atoms with Gasteiger partial charge in [-0.25, -0.2) is 0 Å². The van der Waals surface area contributed by atoms with Crippen LogP contribution < -0.4 is 5.32 Å². The Hall–Kier alpha value is -0.0800. The molecule has 0 heterocycles. The highest BCUT2D eigenvalue weighted by atomic mass is 15.1. The van der Waals surface area contributed by atoms with Gasteiger partial charge in [0.25, 0.3) is 0 Å². The molecule has 0 fully saturated rings. The Morgan fingerprint density at radius 1 is 0.688 bits per heavy atom. The minimum atomic E-state index is 1.19. The predicted octanol–water partition coefficient (Wildman–Crippen LogP) is 3.52. The summed E-state index contributed by atoms with van der Waals surface area (Å²) in [6.07, 6.45) is 5.26. The smallest absolute Gasteiger partial charge is 0.00474 e. The summed E-state index contributed by atoms with van der Waals surface area (Å²) in [5.41, 5.74) is 0. The van der Waals surface area contributed by atoms with E-state index < -0.39 is 0 Å². The molecule has 0 radical (unpaired) electrons. The lowest BCUT2D eigenvalue weighted by Gasteiger charge is -2.13. The minimum Gasteiger partial charge on any atom is -0.317 e. The zero-order chi connectivity index (χ0) is 12.6. The molecule has 0 amide bonds. The standard InChI is InChI=1S/C8H19N.C6H15N/c1-3-5-7-9-8-6-4-2;1-4-7(5-2)6-3/h9H,3-8H2,1-2H3;4-6H2,1-3H3. The summed E-state index contributed by atoms with van der Waals surface area (Å²) in [5.74, 6) is 0. The summed E-state index contributed by atoms with van der Waals surface area (Å²) in [4.78, 5) is 2.38. The van der Waals surface area contributed by atoms with Crippen LogP contribution in [0.25, 0.3) is 0 Å². The van der Waals surface area contributed by atoms with Crippen LogP contribution in [0.1, 0.15) is 60.3 Å². The van der Waals surface area contributed by atoms with Crippen LogP contribution in [0.2, 0.25) is 0 Å². The molecule has 0 atom stereocenters. The van der Waals surface area contributed by atoms with E-state index in [9.17, 15) is 0 Å². The molecule has 2 heteroatoms. The quantitative estimate of drug-likeness (QED) is 0.610. The first-order chi connectivity index (χ1) is 7.76. The molecule has 0 spiro atoms. The van der Waals surface area contributed by atoms with E-state index in [2.05, 4.69) is 44.8 Å². The van der Waals surface area contributed by atoms with Gasteiger partial charge in [0, 0.05) is 0 Å². The number of nitrogens with one attached hydrogen (secondary N) is 1. The molecule has 100 valence electrons. The van der Waals surface area contributed by atoms with Gasteiger partial charge in [-0.05, 0) is 45.6 Å². The van der Waals surface area contributed by atoms with E-state index in [0.717, 1.165) is 0 Å². The molecule has 0 unspecified atom stereocenters. The van der Waals surface area contributed by atoms with Gasteiger partial charge in [0.2, 0.25) is 0 Å². The molecule has 0 aromatic rings. The van der Waals surface area contributed by atoms with Crippen molar-refractivity contribution in [1.82, 2.24) is 10.2 Å². The van der Waals surface area contributed by atoms with Crippen molar-refractivity contribution in [2.24, 2.45) is 0 Å². The maximum Gasteiger partial charge on any atom is -0.00474 e. The highest BCUT2D eigenvalue weighted by Gasteiger charge is 1.89. The van der Waals surface area contributed by atoms with E-state index in [1.165, 1.54) is 58.4 Å². The van der Waals surface area contributed by atoms with Crippen LogP contribution in [0, 0.1) is 0 Å². The molecular weight excluding hydrogens is 196 g/mol. The van der Waals surface area contributed by atoms with Crippen LogP contribution in [0.5, 0.6) is 0 Å². The Balaban J connectivity index is 0. The first-order valence-electron chi connectivity index (χ1n) is 7.19. The maximum absolute atomic E-state index is 3.39. The zero-order valence-corrected chi connectivity index (χ0v) is 12.3. The summed E-state index contributed by atoms with van der Waals surface area (Å²) in [5, 5.41) is 3.39. The molecule has 0 saturated carbocycles. The minimum absolute atomic E-state index is 1.19. The third kappa shape index (κ3) is 16.4. The van der Waals surface area contributed by atoms with Crippen molar-refractivity contribution in [3.05, 3.63) is 0 Å². The van der Waals surface area contributed by atoms with Gasteiger partial charge < -0.3 is 10.2 Å². The number of unbranched alkanes of at least 4 members (excludes halogenated alkanes) is 2. The Labute approximate surface area is 104 Å². The van der Waals surface area contributed by atoms with Crippen molar-refractivity contribution < 1.29 is 0 Å². The third-order valence-corrected chi connectivity index (χ3v) is 2.76. The fourth-order valence-corrected chi connectivity index (χ4v) is 1.40. The van der Waals surface area contributed by atoms with Crippen LogP contribution in [0.3, 0.4) is 0 Å². The van der Waals surface area contributed by atoms with Crippen LogP contribution in [0.15, 0.2) is 0 Å². The molecule has 0 bridgehead atoms. The molecule has 0 aliphatic heterocycles. The zero-order valence-electron chi connectivity index (χ0n) is 12.3. The van der Waals surface area contributed by atoms with Crippen molar-refractivity contribution in [2.45, 2.75) is 60.3 Å². The molecule has 1 N–H and O–H groups in total. The van der Waals surface area contributed by atoms with Gasteiger partial charge in [-0.3, -0.25) is 0 Å². The third-order valence-electron chi connectivity index (χ3n) is 2.76. The van der Waals surface area contributed by atoms with Crippen molar-refractivity contribution >= 4 is 0 Å². The van der Waals surface area contributed by atoms with Gasteiger partial charge in [-0.15, -0.1) is 0 Å². The van der Waals surface area contributed by atoms with Crippen LogP contribution >= 0.6 is 0 Å². The number of rotatable bonds is 9. The van der Waals surface area contributed by atoms with E-state index >= 15 is 0 Å². The Morgan fingerprint density at radius 3 is 1.25 bits per heavy atom. The SMILES string of the molecule is CCCCNCCCC.CCN(CC)CC. The first-order valence-corrected chi connectivity index (χ1v) is 7.19. The van der Waals surface area contributed by atoms with Crippen molar-refractivity contribution in [2.75, 3.05) is 32.7 Å². The van der Waals surface area contributed by atoms with Gasteiger partial charge in [0.05, 0.1) is 0 Å². The summed E-state index contributed by atoms with van der Waals surface area (Å²) in [6.45, 7) is 17.0. The monoisotopic (exact) mass is 230 g/mol. The van der Waals surface area contributed by atoms with E-state index in [4.69, 9.17) is 0 Å². The molecule has 2 nitrogen and oxygen atoms in total. The largest absolute Gasteiger partial charge is 0.317 e. The predicted molar refractivity (Wildman–Crippen MR) is 76.1 cm³/mol. The number of hydrogen-bond acceptors (Lipinski definition) is 2. The lowest BCUT2D eigenvalue weighted by Crippen LogP contribution is -2.21. The van der Waals surface area contributed by atoms with Gasteiger partial charge in [-0.2, -0.15) is 0 Å². The van der Waals surface area contributed by atoms with Crippen molar-refractivity contribution in [1.29, 1.82) is 0 Å². The molecule has 0 aliphatic carbocycles. The van der Waals surface area contributed by atoms with Crippen LogP contribution in [0.4, 0.5) is 0 Å². The summed E-state index contributed by atoms with van der Waals surface area (Å²) >= 11 is 0. The lowest BCUT2D eigenvalue weighted by molar-refractivity contribution is 0.321. The van der Waals surface area contributed by atoms with Gasteiger partial charge in [0.1, 0.15) is 0 Å². The molecule has 0 rings (SSSR count). The summed E-state index contributed by atoms with van der Waals surface area (Å²) in [7, 11) is 0.